The number of hydrogen-bond donors (Lipinski definition) is 4. The maximum Gasteiger partial charge on any atom is 0.416 e. The summed E-state index contributed by atoms with van der Waals surface area (Å²) in [6.45, 7) is 0.756. The van der Waals surface area contributed by atoms with Crippen molar-refractivity contribution in [3.63, 3.8) is 0 Å². The smallest absolute Gasteiger partial charge is 0.416 e. The zero-order valence-electron chi connectivity index (χ0n) is 17.3. The molecule has 4 N–H and O–H groups in total. The molecule has 0 aliphatic rings. The van der Waals surface area contributed by atoms with Crippen molar-refractivity contribution in [3.8, 4) is 11.1 Å². The molecule has 1 heterocycles. The van der Waals surface area contributed by atoms with Crippen molar-refractivity contribution >= 4 is 11.9 Å². The average Bonchev–Trinajstić information content (AvgIpc) is 3.21. The van der Waals surface area contributed by atoms with Gasteiger partial charge < -0.3 is 19.9 Å². The Hall–Kier alpha value is -3.72. The zero-order valence-corrected chi connectivity index (χ0v) is 17.3. The molecule has 0 fully saturated rings. The number of hydrogen-bond acceptors (Lipinski definition) is 5. The first-order valence-electron chi connectivity index (χ1n) is 9.89. The highest BCUT2D eigenvalue weighted by Gasteiger charge is 2.36. The Bertz CT molecular complexity index is 1150. The van der Waals surface area contributed by atoms with E-state index < -0.39 is 35.7 Å². The molecule has 32 heavy (non-hydrogen) atoms. The molecule has 0 aliphatic carbocycles. The average molecular weight is 442 g/mol. The van der Waals surface area contributed by atoms with Gasteiger partial charge in [0.1, 0.15) is 5.82 Å². The molecule has 0 saturated carbocycles. The summed E-state index contributed by atoms with van der Waals surface area (Å²) in [7, 11) is 0. The number of nitrogens with one attached hydrogen (secondary N) is 2. The lowest BCUT2D eigenvalue weighted by atomic mass is 9.82. The summed E-state index contributed by atoms with van der Waals surface area (Å²) in [5.74, 6) is -3.28. The summed E-state index contributed by atoms with van der Waals surface area (Å²) >= 11 is 0. The van der Waals surface area contributed by atoms with Gasteiger partial charge in [-0.1, -0.05) is 42.5 Å². The lowest BCUT2D eigenvalue weighted by Crippen LogP contribution is -2.44. The normalized spacial score (nSPS) is 13.8. The van der Waals surface area contributed by atoms with E-state index in [1.807, 2.05) is 0 Å². The van der Waals surface area contributed by atoms with Gasteiger partial charge in [0.05, 0.1) is 18.2 Å². The number of carbonyl (C=O) groups excluding carboxylic acids is 1. The molecule has 0 spiro atoms. The van der Waals surface area contributed by atoms with Crippen LogP contribution in [0.1, 0.15) is 29.5 Å². The first-order chi connectivity index (χ1) is 15.2. The van der Waals surface area contributed by atoms with Crippen LogP contribution in [0.25, 0.3) is 11.1 Å². The number of amides is 1. The molecule has 3 rings (SSSR count). The third-order valence-electron chi connectivity index (χ3n) is 5.27. The van der Waals surface area contributed by atoms with Crippen LogP contribution in [0, 0.1) is 11.2 Å². The van der Waals surface area contributed by atoms with Gasteiger partial charge in [0.25, 0.3) is 5.91 Å². The third kappa shape index (κ3) is 5.30. The van der Waals surface area contributed by atoms with Crippen LogP contribution in [-0.4, -0.2) is 39.7 Å². The van der Waals surface area contributed by atoms with E-state index in [0.29, 0.717) is 11.1 Å². The summed E-state index contributed by atoms with van der Waals surface area (Å²) in [5.41, 5.74) is 0.387. The monoisotopic (exact) mass is 442 g/mol. The molecule has 0 aliphatic heterocycles. The molecule has 2 atom stereocenters. The Morgan fingerprint density at radius 2 is 1.88 bits per heavy atom. The molecular weight excluding hydrogens is 419 g/mol. The van der Waals surface area contributed by atoms with E-state index in [-0.39, 0.29) is 24.4 Å². The van der Waals surface area contributed by atoms with E-state index >= 15 is 0 Å². The minimum Gasteiger partial charge on any atom is -0.481 e. The third-order valence-corrected chi connectivity index (χ3v) is 5.27. The van der Waals surface area contributed by atoms with Crippen LogP contribution >= 0.6 is 0 Å². The summed E-state index contributed by atoms with van der Waals surface area (Å²) in [6, 6.07) is 12.7. The fourth-order valence-corrected chi connectivity index (χ4v) is 3.39. The SMILES string of the molecule is CC(CO)(CC(Cc1ccc(-c2ccccc2F)cc1)NC(=O)c1c[nH]c(=O)o1)C(=O)O. The van der Waals surface area contributed by atoms with Crippen LogP contribution < -0.4 is 11.1 Å². The number of aromatic nitrogens is 1. The predicted molar refractivity (Wildman–Crippen MR) is 114 cm³/mol. The van der Waals surface area contributed by atoms with Crippen molar-refractivity contribution in [2.45, 2.75) is 25.8 Å². The molecule has 168 valence electrons. The van der Waals surface area contributed by atoms with Crippen LogP contribution in [0.2, 0.25) is 0 Å². The number of oxazole rings is 1. The van der Waals surface area contributed by atoms with Crippen LogP contribution in [0.3, 0.4) is 0 Å². The lowest BCUT2D eigenvalue weighted by Gasteiger charge is -2.28. The number of carboxylic acid groups (broad SMARTS) is 1. The number of aliphatic carboxylic acids is 1. The zero-order chi connectivity index (χ0) is 23.3. The van der Waals surface area contributed by atoms with Gasteiger partial charge in [0, 0.05) is 11.6 Å². The maximum absolute atomic E-state index is 14.0. The Kier molecular flexibility index (Phi) is 6.89. The van der Waals surface area contributed by atoms with Gasteiger partial charge in [-0.2, -0.15) is 0 Å². The quantitative estimate of drug-likeness (QED) is 0.403. The summed E-state index contributed by atoms with van der Waals surface area (Å²) < 4.78 is 18.8. The highest BCUT2D eigenvalue weighted by Crippen LogP contribution is 2.26. The van der Waals surface area contributed by atoms with Crippen molar-refractivity contribution in [1.82, 2.24) is 10.3 Å². The Morgan fingerprint density at radius 3 is 2.44 bits per heavy atom. The fraction of sp³-hybridized carbons (Fsp3) is 0.261. The van der Waals surface area contributed by atoms with Crippen molar-refractivity contribution in [3.05, 3.63) is 82.4 Å². The first kappa shape index (κ1) is 23.0. The van der Waals surface area contributed by atoms with Crippen LogP contribution in [0.5, 0.6) is 0 Å². The number of benzene rings is 2. The van der Waals surface area contributed by atoms with Gasteiger partial charge in [0.2, 0.25) is 5.76 Å². The lowest BCUT2D eigenvalue weighted by molar-refractivity contribution is -0.151. The van der Waals surface area contributed by atoms with Crippen molar-refractivity contribution in [1.29, 1.82) is 0 Å². The Morgan fingerprint density at radius 1 is 1.19 bits per heavy atom. The number of halogens is 1. The second kappa shape index (κ2) is 9.61. The van der Waals surface area contributed by atoms with Gasteiger partial charge in [-0.25, -0.2) is 9.18 Å². The van der Waals surface area contributed by atoms with E-state index in [1.54, 1.807) is 42.5 Å². The second-order valence-electron chi connectivity index (χ2n) is 7.82. The summed E-state index contributed by atoms with van der Waals surface area (Å²) in [5, 5.41) is 21.8. The number of aromatic amines is 1. The molecule has 1 amide bonds. The highest BCUT2D eigenvalue weighted by atomic mass is 19.1. The van der Waals surface area contributed by atoms with Crippen molar-refractivity contribution < 1.29 is 28.6 Å². The number of carbonyl (C=O) groups is 2. The molecule has 0 radical (unpaired) electrons. The second-order valence-corrected chi connectivity index (χ2v) is 7.82. The van der Waals surface area contributed by atoms with E-state index in [4.69, 9.17) is 4.42 Å². The molecule has 9 heteroatoms. The number of H-pyrrole nitrogens is 1. The van der Waals surface area contributed by atoms with Gasteiger partial charge in [-0.3, -0.25) is 14.6 Å². The molecule has 8 nitrogen and oxygen atoms in total. The maximum atomic E-state index is 14.0. The van der Waals surface area contributed by atoms with E-state index in [1.165, 1.54) is 13.0 Å². The van der Waals surface area contributed by atoms with Gasteiger partial charge in [-0.15, -0.1) is 0 Å². The fourth-order valence-electron chi connectivity index (χ4n) is 3.39. The molecule has 3 aromatic rings. The van der Waals surface area contributed by atoms with Crippen molar-refractivity contribution in [2.75, 3.05) is 6.61 Å². The summed E-state index contributed by atoms with van der Waals surface area (Å²) in [4.78, 5) is 37.5. The first-order valence-corrected chi connectivity index (χ1v) is 9.89. The Balaban J connectivity index is 1.82. The predicted octanol–water partition coefficient (Wildman–Crippen LogP) is 2.59. The topological polar surface area (TPSA) is 133 Å². The number of aliphatic hydroxyl groups is 1. The molecule has 0 bridgehead atoms. The molecule has 2 unspecified atom stereocenters. The van der Waals surface area contributed by atoms with Crippen molar-refractivity contribution in [2.24, 2.45) is 5.41 Å². The Labute approximate surface area is 182 Å². The minimum absolute atomic E-state index is 0.0751. The number of aliphatic hydroxyl groups excluding tert-OH is 1. The van der Waals surface area contributed by atoms with Gasteiger partial charge in [-0.05, 0) is 37.0 Å². The standard InChI is InChI=1S/C23H23FN2O6/c1-23(13-27,21(29)30)11-16(26-20(28)19-12-25-22(31)32-19)10-14-6-8-15(9-7-14)17-4-2-3-5-18(17)24/h2-9,12,16,27H,10-11,13H2,1H3,(H,25,31)(H,26,28)(H,29,30). The molecular formula is C23H23FN2O6. The minimum atomic E-state index is -1.50. The molecule has 0 saturated heterocycles. The van der Waals surface area contributed by atoms with Crippen LogP contribution in [0.4, 0.5) is 4.39 Å². The van der Waals surface area contributed by atoms with E-state index in [9.17, 15) is 29.0 Å². The van der Waals surface area contributed by atoms with Crippen LogP contribution in [0.15, 0.2) is 63.9 Å². The van der Waals surface area contributed by atoms with Gasteiger partial charge >= 0.3 is 11.7 Å². The van der Waals surface area contributed by atoms with Crippen LogP contribution in [-0.2, 0) is 11.2 Å². The largest absolute Gasteiger partial charge is 0.481 e. The molecule has 1 aromatic heterocycles. The number of rotatable bonds is 9. The molecule has 2 aromatic carbocycles. The number of carboxylic acids is 1. The summed E-state index contributed by atoms with van der Waals surface area (Å²) in [6.07, 6.45) is 1.27. The van der Waals surface area contributed by atoms with E-state index in [2.05, 4.69) is 10.3 Å². The highest BCUT2D eigenvalue weighted by molar-refractivity contribution is 5.91. The van der Waals surface area contributed by atoms with E-state index in [0.717, 1.165) is 11.8 Å². The van der Waals surface area contributed by atoms with Gasteiger partial charge in [0.15, 0.2) is 0 Å².